The predicted octanol–water partition coefficient (Wildman–Crippen LogP) is 0.268. The van der Waals surface area contributed by atoms with Crippen LogP contribution in [-0.2, 0) is 19.6 Å². The van der Waals surface area contributed by atoms with Crippen LogP contribution in [0.1, 0.15) is 32.1 Å². The van der Waals surface area contributed by atoms with Crippen LogP contribution in [0.25, 0.3) is 0 Å². The van der Waals surface area contributed by atoms with Crippen LogP contribution >= 0.6 is 0 Å². The number of sulfonamides is 1. The monoisotopic (exact) mass is 293 g/mol. The van der Waals surface area contributed by atoms with E-state index in [4.69, 9.17) is 5.11 Å². The van der Waals surface area contributed by atoms with Crippen LogP contribution in [0.2, 0.25) is 0 Å². The molecule has 0 aromatic heterocycles. The Balaban J connectivity index is 2.28. The number of ether oxygens (including phenoxy) is 1. The quantitative estimate of drug-likeness (QED) is 0.627. The van der Waals surface area contributed by atoms with Gasteiger partial charge < -0.3 is 9.84 Å². The molecule has 19 heavy (non-hydrogen) atoms. The molecule has 2 atom stereocenters. The van der Waals surface area contributed by atoms with Gasteiger partial charge in [0.25, 0.3) is 0 Å². The van der Waals surface area contributed by atoms with E-state index >= 15 is 0 Å². The molecule has 1 rings (SSSR count). The molecule has 0 saturated heterocycles. The molecule has 0 bridgehead atoms. The van der Waals surface area contributed by atoms with Crippen molar-refractivity contribution in [1.82, 2.24) is 4.72 Å². The van der Waals surface area contributed by atoms with Gasteiger partial charge in [-0.1, -0.05) is 6.42 Å². The second-order valence-corrected chi connectivity index (χ2v) is 6.91. The first-order valence-corrected chi connectivity index (χ1v) is 8.28. The Morgan fingerprint density at radius 3 is 2.68 bits per heavy atom. The second kappa shape index (κ2) is 7.81. The molecule has 112 valence electrons. The van der Waals surface area contributed by atoms with Gasteiger partial charge in [0.1, 0.15) is 0 Å². The number of hydrogen-bond donors (Lipinski definition) is 2. The molecule has 1 saturated carbocycles. The molecule has 7 heteroatoms. The lowest BCUT2D eigenvalue weighted by atomic mass is 9.97. The Labute approximate surface area is 114 Å². The zero-order chi connectivity index (χ0) is 14.3. The normalized spacial score (nSPS) is 23.5. The Morgan fingerprint density at radius 1 is 1.37 bits per heavy atom. The van der Waals surface area contributed by atoms with Gasteiger partial charge in [-0.05, 0) is 31.1 Å². The fourth-order valence-corrected chi connectivity index (χ4v) is 3.57. The number of carbonyl (C=O) groups is 1. The van der Waals surface area contributed by atoms with E-state index in [9.17, 15) is 13.2 Å². The molecule has 1 aliphatic carbocycles. The van der Waals surface area contributed by atoms with Gasteiger partial charge in [0.15, 0.2) is 0 Å². The highest BCUT2D eigenvalue weighted by Gasteiger charge is 2.27. The van der Waals surface area contributed by atoms with Gasteiger partial charge in [0.05, 0.1) is 12.9 Å². The third-order valence-electron chi connectivity index (χ3n) is 3.64. The summed E-state index contributed by atoms with van der Waals surface area (Å²) in [6, 6.07) is 0. The maximum atomic E-state index is 11.7. The topological polar surface area (TPSA) is 92.7 Å². The fourth-order valence-electron chi connectivity index (χ4n) is 2.44. The van der Waals surface area contributed by atoms with Crippen molar-refractivity contribution in [1.29, 1.82) is 0 Å². The van der Waals surface area contributed by atoms with Crippen LogP contribution in [0, 0.1) is 11.8 Å². The first-order valence-electron chi connectivity index (χ1n) is 6.63. The second-order valence-electron chi connectivity index (χ2n) is 4.98. The maximum absolute atomic E-state index is 11.7. The minimum Gasteiger partial charge on any atom is -0.469 e. The minimum atomic E-state index is -3.34. The maximum Gasteiger partial charge on any atom is 0.305 e. The molecule has 1 fully saturated rings. The summed E-state index contributed by atoms with van der Waals surface area (Å²) in [6.07, 6.45) is 3.33. The highest BCUT2D eigenvalue weighted by Crippen LogP contribution is 2.30. The summed E-state index contributed by atoms with van der Waals surface area (Å²) in [5.74, 6) is -0.0389. The summed E-state index contributed by atoms with van der Waals surface area (Å²) in [5, 5.41) is 9.17. The number of aliphatic hydroxyl groups excluding tert-OH is 1. The Hall–Kier alpha value is -0.660. The molecule has 0 amide bonds. The molecule has 0 spiro atoms. The summed E-state index contributed by atoms with van der Waals surface area (Å²) in [6.45, 7) is 0.501. The van der Waals surface area contributed by atoms with Crippen LogP contribution in [0.15, 0.2) is 0 Å². The zero-order valence-electron chi connectivity index (χ0n) is 11.3. The molecular weight excluding hydrogens is 270 g/mol. The van der Waals surface area contributed by atoms with E-state index in [0.29, 0.717) is 6.54 Å². The number of carbonyl (C=O) groups excluding carboxylic acids is 1. The molecule has 6 nitrogen and oxygen atoms in total. The predicted molar refractivity (Wildman–Crippen MR) is 71.0 cm³/mol. The van der Waals surface area contributed by atoms with Crippen molar-refractivity contribution in [3.63, 3.8) is 0 Å². The Morgan fingerprint density at radius 2 is 2.05 bits per heavy atom. The molecule has 1 aliphatic rings. The van der Waals surface area contributed by atoms with E-state index in [1.165, 1.54) is 7.11 Å². The van der Waals surface area contributed by atoms with E-state index in [2.05, 4.69) is 9.46 Å². The van der Waals surface area contributed by atoms with Crippen LogP contribution in [0.5, 0.6) is 0 Å². The molecule has 0 radical (unpaired) electrons. The van der Waals surface area contributed by atoms with E-state index in [-0.39, 0.29) is 37.0 Å². The smallest absolute Gasteiger partial charge is 0.305 e. The molecule has 0 aromatic rings. The number of hydrogen-bond acceptors (Lipinski definition) is 5. The van der Waals surface area contributed by atoms with Gasteiger partial charge in [-0.3, -0.25) is 4.79 Å². The van der Waals surface area contributed by atoms with Crippen molar-refractivity contribution in [2.75, 3.05) is 26.0 Å². The first kappa shape index (κ1) is 16.4. The fraction of sp³-hybridized carbons (Fsp3) is 0.917. The van der Waals surface area contributed by atoms with Crippen molar-refractivity contribution in [3.05, 3.63) is 0 Å². The summed E-state index contributed by atoms with van der Waals surface area (Å²) in [5.41, 5.74) is 0. The lowest BCUT2D eigenvalue weighted by Gasteiger charge is -2.17. The molecule has 2 unspecified atom stereocenters. The summed E-state index contributed by atoms with van der Waals surface area (Å²) in [4.78, 5) is 10.9. The molecule has 2 N–H and O–H groups in total. The van der Waals surface area contributed by atoms with Crippen molar-refractivity contribution >= 4 is 16.0 Å². The number of esters is 1. The number of aliphatic hydroxyl groups is 1. The average molecular weight is 293 g/mol. The highest BCUT2D eigenvalue weighted by molar-refractivity contribution is 7.89. The zero-order valence-corrected chi connectivity index (χ0v) is 12.1. The van der Waals surface area contributed by atoms with E-state index in [0.717, 1.165) is 19.3 Å². The van der Waals surface area contributed by atoms with Crippen molar-refractivity contribution in [3.8, 4) is 0 Å². The molecular formula is C12H23NO5S. The summed E-state index contributed by atoms with van der Waals surface area (Å²) in [7, 11) is -2.06. The van der Waals surface area contributed by atoms with Crippen LogP contribution in [0.3, 0.4) is 0 Å². The third-order valence-corrected chi connectivity index (χ3v) is 5.07. The number of rotatable bonds is 8. The van der Waals surface area contributed by atoms with E-state index in [1.54, 1.807) is 0 Å². The van der Waals surface area contributed by atoms with E-state index in [1.807, 2.05) is 0 Å². The van der Waals surface area contributed by atoms with Gasteiger partial charge in [-0.15, -0.1) is 0 Å². The van der Waals surface area contributed by atoms with Crippen LogP contribution in [-0.4, -0.2) is 45.5 Å². The van der Waals surface area contributed by atoms with Crippen LogP contribution in [0.4, 0.5) is 0 Å². The SMILES string of the molecule is COC(=O)CCCS(=O)(=O)NCC1CCCC1CO. The first-order chi connectivity index (χ1) is 8.98. The van der Waals surface area contributed by atoms with Gasteiger partial charge in [-0.2, -0.15) is 0 Å². The lowest BCUT2D eigenvalue weighted by molar-refractivity contribution is -0.140. The van der Waals surface area contributed by atoms with E-state index < -0.39 is 16.0 Å². The number of nitrogens with one attached hydrogen (secondary N) is 1. The van der Waals surface area contributed by atoms with Crippen LogP contribution < -0.4 is 4.72 Å². The van der Waals surface area contributed by atoms with Crippen molar-refractivity contribution in [2.24, 2.45) is 11.8 Å². The minimum absolute atomic E-state index is 0.0708. The Bertz CT molecular complexity index is 382. The standard InChI is InChI=1S/C12H23NO5S/c1-18-12(15)6-3-7-19(16,17)13-8-10-4-2-5-11(10)9-14/h10-11,13-14H,2-9H2,1H3. The summed E-state index contributed by atoms with van der Waals surface area (Å²) >= 11 is 0. The largest absolute Gasteiger partial charge is 0.469 e. The van der Waals surface area contributed by atoms with Crippen molar-refractivity contribution < 1.29 is 23.1 Å². The summed E-state index contributed by atoms with van der Waals surface area (Å²) < 4.78 is 30.5. The third kappa shape index (κ3) is 5.88. The average Bonchev–Trinajstić information content (AvgIpc) is 2.83. The van der Waals surface area contributed by atoms with Gasteiger partial charge in [-0.25, -0.2) is 13.1 Å². The van der Waals surface area contributed by atoms with Gasteiger partial charge >= 0.3 is 5.97 Å². The Kier molecular flexibility index (Phi) is 6.74. The highest BCUT2D eigenvalue weighted by atomic mass is 32.2. The molecule has 0 aromatic carbocycles. The van der Waals surface area contributed by atoms with Gasteiger partial charge in [0.2, 0.25) is 10.0 Å². The van der Waals surface area contributed by atoms with Crippen molar-refractivity contribution in [2.45, 2.75) is 32.1 Å². The number of methoxy groups -OCH3 is 1. The molecule has 0 aliphatic heterocycles. The lowest BCUT2D eigenvalue weighted by Crippen LogP contribution is -2.33. The molecule has 0 heterocycles. The van der Waals surface area contributed by atoms with Gasteiger partial charge in [0, 0.05) is 19.6 Å².